The van der Waals surface area contributed by atoms with Crippen LogP contribution in [0, 0.1) is 17.2 Å². The molecule has 0 aliphatic heterocycles. The zero-order valence-electron chi connectivity index (χ0n) is 10.7. The molecule has 1 aliphatic carbocycles. The Morgan fingerprint density at radius 2 is 2.47 bits per heavy atom. The summed E-state index contributed by atoms with van der Waals surface area (Å²) in [6.45, 7) is 2.26. The van der Waals surface area contributed by atoms with E-state index < -0.39 is 0 Å². The Morgan fingerprint density at radius 1 is 1.58 bits per heavy atom. The predicted octanol–water partition coefficient (Wildman–Crippen LogP) is 4.09. The van der Waals surface area contributed by atoms with Crippen molar-refractivity contribution in [2.75, 3.05) is 0 Å². The Bertz CT molecular complexity index is 646. The van der Waals surface area contributed by atoms with Crippen molar-refractivity contribution in [1.82, 2.24) is 0 Å². The fraction of sp³-hybridized carbons (Fsp3) is 0.333. The first-order chi connectivity index (χ1) is 9.28. The van der Waals surface area contributed by atoms with Crippen LogP contribution < -0.4 is 0 Å². The van der Waals surface area contributed by atoms with Crippen LogP contribution in [0.25, 0.3) is 0 Å². The molecular formula is C15H14N2OS. The highest BCUT2D eigenvalue weighted by molar-refractivity contribution is 7.16. The maximum atomic E-state index is 9.35. The SMILES string of the molecule is C[C@@H]1CCc2c(sc(N=Cc3ccco3)c2C#N)C1. The summed E-state index contributed by atoms with van der Waals surface area (Å²) in [6.07, 6.45) is 6.55. The van der Waals surface area contributed by atoms with Gasteiger partial charge in [-0.25, -0.2) is 4.99 Å². The number of hydrogen-bond acceptors (Lipinski definition) is 4. The molecule has 0 aromatic carbocycles. The fourth-order valence-electron chi connectivity index (χ4n) is 2.43. The quantitative estimate of drug-likeness (QED) is 0.772. The molecule has 2 aromatic heterocycles. The molecule has 0 fully saturated rings. The molecule has 3 rings (SSSR count). The van der Waals surface area contributed by atoms with Gasteiger partial charge in [-0.05, 0) is 42.9 Å². The van der Waals surface area contributed by atoms with Crippen LogP contribution in [-0.4, -0.2) is 6.21 Å². The first-order valence-electron chi connectivity index (χ1n) is 6.40. The van der Waals surface area contributed by atoms with Crippen molar-refractivity contribution in [1.29, 1.82) is 5.26 Å². The Labute approximate surface area is 116 Å². The van der Waals surface area contributed by atoms with Gasteiger partial charge in [-0.3, -0.25) is 0 Å². The summed E-state index contributed by atoms with van der Waals surface area (Å²) in [6, 6.07) is 5.99. The normalized spacial score (nSPS) is 18.4. The number of hydrogen-bond donors (Lipinski definition) is 0. The molecule has 19 heavy (non-hydrogen) atoms. The van der Waals surface area contributed by atoms with E-state index in [-0.39, 0.29) is 0 Å². The molecule has 0 bridgehead atoms. The maximum absolute atomic E-state index is 9.35. The van der Waals surface area contributed by atoms with Gasteiger partial charge in [-0.2, -0.15) is 5.26 Å². The molecule has 1 aliphatic rings. The number of fused-ring (bicyclic) bond motifs is 1. The van der Waals surface area contributed by atoms with E-state index >= 15 is 0 Å². The monoisotopic (exact) mass is 270 g/mol. The molecule has 1 atom stereocenters. The largest absolute Gasteiger partial charge is 0.463 e. The summed E-state index contributed by atoms with van der Waals surface area (Å²) in [7, 11) is 0. The third-order valence-electron chi connectivity index (χ3n) is 3.46. The van der Waals surface area contributed by atoms with Crippen molar-refractivity contribution >= 4 is 22.6 Å². The van der Waals surface area contributed by atoms with Gasteiger partial charge in [0.15, 0.2) is 0 Å². The van der Waals surface area contributed by atoms with Crippen molar-refractivity contribution in [2.45, 2.75) is 26.2 Å². The van der Waals surface area contributed by atoms with E-state index in [1.54, 1.807) is 23.8 Å². The molecule has 0 N–H and O–H groups in total. The molecule has 96 valence electrons. The zero-order chi connectivity index (χ0) is 13.2. The summed E-state index contributed by atoms with van der Waals surface area (Å²) in [5.74, 6) is 1.42. The first-order valence-corrected chi connectivity index (χ1v) is 7.21. The van der Waals surface area contributed by atoms with Crippen LogP contribution in [-0.2, 0) is 12.8 Å². The minimum absolute atomic E-state index is 0.708. The van der Waals surface area contributed by atoms with Crippen LogP contribution in [0.5, 0.6) is 0 Å². The van der Waals surface area contributed by atoms with Crippen molar-refractivity contribution in [3.05, 3.63) is 40.2 Å². The predicted molar refractivity (Wildman–Crippen MR) is 76.2 cm³/mol. The van der Waals surface area contributed by atoms with Gasteiger partial charge in [-0.1, -0.05) is 6.92 Å². The van der Waals surface area contributed by atoms with Crippen LogP contribution in [0.15, 0.2) is 27.8 Å². The third kappa shape index (κ3) is 2.34. The van der Waals surface area contributed by atoms with Crippen LogP contribution in [0.4, 0.5) is 5.00 Å². The number of nitrogens with zero attached hydrogens (tertiary/aromatic N) is 2. The maximum Gasteiger partial charge on any atom is 0.144 e. The molecule has 3 nitrogen and oxygen atoms in total. The Morgan fingerprint density at radius 3 is 3.21 bits per heavy atom. The second kappa shape index (κ2) is 5.02. The van der Waals surface area contributed by atoms with Crippen molar-refractivity contribution < 1.29 is 4.42 Å². The number of aliphatic imine (C=N–C) groups is 1. The average Bonchev–Trinajstić information content (AvgIpc) is 3.02. The zero-order valence-corrected chi connectivity index (χ0v) is 11.5. The van der Waals surface area contributed by atoms with Crippen LogP contribution in [0.2, 0.25) is 0 Å². The van der Waals surface area contributed by atoms with E-state index in [4.69, 9.17) is 4.42 Å². The second-order valence-electron chi connectivity index (χ2n) is 4.92. The molecule has 0 saturated carbocycles. The number of furan rings is 1. The van der Waals surface area contributed by atoms with E-state index in [0.29, 0.717) is 11.7 Å². The number of thiophene rings is 1. The smallest absolute Gasteiger partial charge is 0.144 e. The Hall–Kier alpha value is -1.86. The molecule has 0 amide bonds. The lowest BCUT2D eigenvalue weighted by molar-refractivity contribution is 0.507. The lowest BCUT2D eigenvalue weighted by Gasteiger charge is -2.17. The van der Waals surface area contributed by atoms with E-state index in [1.807, 2.05) is 12.1 Å². The first kappa shape index (κ1) is 12.2. The van der Waals surface area contributed by atoms with Crippen LogP contribution in [0.1, 0.15) is 35.1 Å². The highest BCUT2D eigenvalue weighted by Crippen LogP contribution is 2.40. The molecule has 0 saturated heterocycles. The van der Waals surface area contributed by atoms with E-state index in [9.17, 15) is 5.26 Å². The standard InChI is InChI=1S/C15H14N2OS/c1-10-4-5-12-13(8-16)15(19-14(12)7-10)17-9-11-3-2-6-18-11/h2-3,6,9-10H,4-5,7H2,1H3/t10-/m1/s1. The Kier molecular flexibility index (Phi) is 3.22. The fourth-order valence-corrected chi connectivity index (χ4v) is 3.73. The van der Waals surface area contributed by atoms with Gasteiger partial charge in [0.2, 0.25) is 0 Å². The molecular weight excluding hydrogens is 256 g/mol. The Balaban J connectivity index is 1.96. The highest BCUT2D eigenvalue weighted by atomic mass is 32.1. The summed E-state index contributed by atoms with van der Waals surface area (Å²) < 4.78 is 5.22. The minimum Gasteiger partial charge on any atom is -0.463 e. The van der Waals surface area contributed by atoms with Gasteiger partial charge in [0, 0.05) is 4.88 Å². The molecule has 4 heteroatoms. The van der Waals surface area contributed by atoms with Gasteiger partial charge in [0.25, 0.3) is 0 Å². The van der Waals surface area contributed by atoms with E-state index in [1.165, 1.54) is 16.9 Å². The van der Waals surface area contributed by atoms with Gasteiger partial charge in [-0.15, -0.1) is 11.3 Å². The molecule has 2 heterocycles. The van der Waals surface area contributed by atoms with Crippen LogP contribution in [0.3, 0.4) is 0 Å². The minimum atomic E-state index is 0.708. The second-order valence-corrected chi connectivity index (χ2v) is 6.00. The topological polar surface area (TPSA) is 49.3 Å². The molecule has 0 spiro atoms. The van der Waals surface area contributed by atoms with E-state index in [0.717, 1.165) is 23.4 Å². The van der Waals surface area contributed by atoms with Crippen LogP contribution >= 0.6 is 11.3 Å². The molecule has 0 radical (unpaired) electrons. The van der Waals surface area contributed by atoms with Gasteiger partial charge in [0.1, 0.15) is 16.8 Å². The van der Waals surface area contributed by atoms with Crippen molar-refractivity contribution in [3.8, 4) is 6.07 Å². The summed E-state index contributed by atoms with van der Waals surface area (Å²) in [5.41, 5.74) is 1.98. The van der Waals surface area contributed by atoms with E-state index in [2.05, 4.69) is 18.0 Å². The lowest BCUT2D eigenvalue weighted by atomic mass is 9.89. The molecule has 0 unspecified atom stereocenters. The van der Waals surface area contributed by atoms with Gasteiger partial charge >= 0.3 is 0 Å². The third-order valence-corrected chi connectivity index (χ3v) is 4.62. The van der Waals surface area contributed by atoms with Crippen molar-refractivity contribution in [2.24, 2.45) is 10.9 Å². The molecule has 2 aromatic rings. The summed E-state index contributed by atoms with van der Waals surface area (Å²) >= 11 is 1.65. The van der Waals surface area contributed by atoms with Crippen molar-refractivity contribution in [3.63, 3.8) is 0 Å². The number of rotatable bonds is 2. The highest BCUT2D eigenvalue weighted by Gasteiger charge is 2.23. The average molecular weight is 270 g/mol. The lowest BCUT2D eigenvalue weighted by Crippen LogP contribution is -2.09. The van der Waals surface area contributed by atoms with Gasteiger partial charge < -0.3 is 4.42 Å². The summed E-state index contributed by atoms with van der Waals surface area (Å²) in [4.78, 5) is 5.76. The summed E-state index contributed by atoms with van der Waals surface area (Å²) in [5, 5.41) is 10.2. The number of nitriles is 1. The van der Waals surface area contributed by atoms with Gasteiger partial charge in [0.05, 0.1) is 18.0 Å².